The molecule has 1 aliphatic heterocycles. The number of hydrogen-bond donors (Lipinski definition) is 3. The fourth-order valence-electron chi connectivity index (χ4n) is 2.62. The molecule has 21 heavy (non-hydrogen) atoms. The van der Waals surface area contributed by atoms with Crippen LogP contribution in [-0.2, 0) is 13.7 Å². The average molecular weight is 286 g/mol. The summed E-state index contributed by atoms with van der Waals surface area (Å²) in [5.74, 6) is -0.542. The van der Waals surface area contributed by atoms with E-state index in [0.717, 1.165) is 0 Å². The number of nitrogens with one attached hydrogen (secondary N) is 1. The number of fused-ring (bicyclic) bond motifs is 1. The van der Waals surface area contributed by atoms with Gasteiger partial charge in [0.2, 0.25) is 5.78 Å². The second-order valence-corrected chi connectivity index (χ2v) is 4.84. The van der Waals surface area contributed by atoms with Crippen LogP contribution in [0.5, 0.6) is 0 Å². The highest BCUT2D eigenvalue weighted by molar-refractivity contribution is 6.27. The molecule has 3 rings (SSSR count). The van der Waals surface area contributed by atoms with Crippen molar-refractivity contribution in [2.75, 3.05) is 6.61 Å². The number of carbonyl (C=O) groups is 2. The molecule has 1 aliphatic carbocycles. The zero-order chi connectivity index (χ0) is 15.1. The van der Waals surface area contributed by atoms with Crippen LogP contribution in [0.1, 0.15) is 32.1 Å². The molecule has 0 saturated carbocycles. The molecule has 0 radical (unpaired) electrons. The van der Waals surface area contributed by atoms with E-state index in [9.17, 15) is 14.7 Å². The molecule has 2 aliphatic rings. The first-order valence-corrected chi connectivity index (χ1v) is 6.47. The molecule has 0 atom stereocenters. The van der Waals surface area contributed by atoms with Crippen LogP contribution < -0.4 is 5.32 Å². The first-order chi connectivity index (χ1) is 10.1. The van der Waals surface area contributed by atoms with Crippen LogP contribution in [0.3, 0.4) is 0 Å². The average Bonchev–Trinajstić information content (AvgIpc) is 3.25. The minimum absolute atomic E-state index is 0.164. The van der Waals surface area contributed by atoms with Crippen molar-refractivity contribution in [3.8, 4) is 0 Å². The number of aliphatic hydroxyl groups is 2. The van der Waals surface area contributed by atoms with Crippen molar-refractivity contribution in [1.29, 1.82) is 0 Å². The van der Waals surface area contributed by atoms with E-state index in [-0.39, 0.29) is 36.0 Å². The summed E-state index contributed by atoms with van der Waals surface area (Å²) < 4.78 is 1.58. The van der Waals surface area contributed by atoms with Gasteiger partial charge in [0.1, 0.15) is 5.69 Å². The lowest BCUT2D eigenvalue weighted by atomic mass is 9.91. The van der Waals surface area contributed by atoms with Crippen molar-refractivity contribution in [1.82, 2.24) is 9.88 Å². The van der Waals surface area contributed by atoms with Crippen LogP contribution >= 0.6 is 0 Å². The predicted octanol–water partition coefficient (Wildman–Crippen LogP) is 0.273. The molecule has 1 aromatic heterocycles. The maximum Gasteiger partial charge on any atom is 0.203 e. The van der Waals surface area contributed by atoms with Crippen molar-refractivity contribution in [3.63, 3.8) is 0 Å². The summed E-state index contributed by atoms with van der Waals surface area (Å²) in [6.07, 6.45) is 6.06. The van der Waals surface area contributed by atoms with Gasteiger partial charge >= 0.3 is 0 Å². The van der Waals surface area contributed by atoms with Crippen LogP contribution in [0.25, 0.3) is 6.08 Å². The highest BCUT2D eigenvalue weighted by Gasteiger charge is 2.36. The third-order valence-electron chi connectivity index (χ3n) is 3.64. The number of nitrogens with zero attached hydrogens (tertiary/aromatic N) is 1. The lowest BCUT2D eigenvalue weighted by Crippen LogP contribution is -2.19. The molecular weight excluding hydrogens is 272 g/mol. The van der Waals surface area contributed by atoms with Gasteiger partial charge in [0.05, 0.1) is 30.0 Å². The fraction of sp³-hybridized carbons (Fsp3) is 0.200. The summed E-state index contributed by atoms with van der Waals surface area (Å²) in [5.41, 5.74) is 2.43. The van der Waals surface area contributed by atoms with E-state index >= 15 is 0 Å². The number of hydrogen-bond acceptors (Lipinski definition) is 5. The molecule has 3 N–H and O–H groups in total. The van der Waals surface area contributed by atoms with Gasteiger partial charge in [0.25, 0.3) is 0 Å². The smallest absolute Gasteiger partial charge is 0.203 e. The number of carbonyl (C=O) groups excluding carboxylic acids is 2. The highest BCUT2D eigenvalue weighted by atomic mass is 16.3. The van der Waals surface area contributed by atoms with E-state index in [1.54, 1.807) is 23.9 Å². The topological polar surface area (TPSA) is 101 Å². The molecule has 6 heteroatoms. The largest absolute Gasteiger partial charge is 0.392 e. The molecule has 108 valence electrons. The lowest BCUT2D eigenvalue weighted by Gasteiger charge is -2.11. The van der Waals surface area contributed by atoms with Crippen LogP contribution in [0.4, 0.5) is 0 Å². The number of allylic oxidation sites excluding steroid dienone is 2. The Morgan fingerprint density at radius 2 is 2.05 bits per heavy atom. The van der Waals surface area contributed by atoms with Gasteiger partial charge in [-0.1, -0.05) is 6.08 Å². The van der Waals surface area contributed by atoms with Crippen molar-refractivity contribution < 1.29 is 19.8 Å². The Bertz CT molecular complexity index is 750. The summed E-state index contributed by atoms with van der Waals surface area (Å²) in [5, 5.41) is 21.3. The third kappa shape index (κ3) is 1.96. The molecular formula is C15H14N2O4. The number of aliphatic hydroxyl groups excluding tert-OH is 2. The highest BCUT2D eigenvalue weighted by Crippen LogP contribution is 2.33. The van der Waals surface area contributed by atoms with Gasteiger partial charge in [-0.15, -0.1) is 0 Å². The van der Waals surface area contributed by atoms with Gasteiger partial charge in [-0.3, -0.25) is 9.59 Å². The monoisotopic (exact) mass is 286 g/mol. The second-order valence-electron chi connectivity index (χ2n) is 4.84. The van der Waals surface area contributed by atoms with E-state index in [2.05, 4.69) is 5.32 Å². The van der Waals surface area contributed by atoms with Gasteiger partial charge in [0, 0.05) is 30.6 Å². The van der Waals surface area contributed by atoms with Crippen molar-refractivity contribution in [3.05, 3.63) is 52.1 Å². The minimum Gasteiger partial charge on any atom is -0.392 e. The molecule has 0 saturated heterocycles. The Morgan fingerprint density at radius 1 is 1.33 bits per heavy atom. The zero-order valence-corrected chi connectivity index (χ0v) is 11.4. The van der Waals surface area contributed by atoms with Gasteiger partial charge in [-0.25, -0.2) is 0 Å². The number of ketones is 2. The number of Topliss-reactive ketones (excluding diaryl/α,β-unsaturated/α-hetero) is 1. The third-order valence-corrected chi connectivity index (χ3v) is 3.64. The SMILES string of the molecule is Cn1c(/C=C/CO)c(CO)c2c1C(=O)C=C(C1=CN1)C2=O. The molecule has 0 aromatic carbocycles. The molecule has 0 unspecified atom stereocenters. The van der Waals surface area contributed by atoms with Crippen molar-refractivity contribution >= 4 is 17.6 Å². The maximum atomic E-state index is 12.6. The molecule has 0 amide bonds. The van der Waals surface area contributed by atoms with Gasteiger partial charge in [-0.2, -0.15) is 0 Å². The molecule has 0 fully saturated rings. The Kier molecular flexibility index (Phi) is 3.12. The summed E-state index contributed by atoms with van der Waals surface area (Å²) in [6.45, 7) is -0.518. The lowest BCUT2D eigenvalue weighted by molar-refractivity contribution is 0.0980. The first-order valence-electron chi connectivity index (χ1n) is 6.47. The second kappa shape index (κ2) is 4.83. The number of rotatable bonds is 4. The summed E-state index contributed by atoms with van der Waals surface area (Å²) in [6, 6.07) is 0. The van der Waals surface area contributed by atoms with E-state index in [1.165, 1.54) is 12.2 Å². The number of aromatic nitrogens is 1. The van der Waals surface area contributed by atoms with Gasteiger partial charge in [-0.05, 0) is 6.08 Å². The minimum atomic E-state index is -0.354. The molecule has 0 spiro atoms. The van der Waals surface area contributed by atoms with Gasteiger partial charge < -0.3 is 20.1 Å². The quantitative estimate of drug-likeness (QED) is 0.737. The van der Waals surface area contributed by atoms with E-state index in [1.807, 2.05) is 0 Å². The van der Waals surface area contributed by atoms with Crippen molar-refractivity contribution in [2.24, 2.45) is 7.05 Å². The van der Waals surface area contributed by atoms with E-state index in [4.69, 9.17) is 5.11 Å². The Morgan fingerprint density at radius 3 is 2.62 bits per heavy atom. The first kappa shape index (κ1) is 13.5. The van der Waals surface area contributed by atoms with Crippen LogP contribution in [0.15, 0.2) is 29.6 Å². The fourth-order valence-corrected chi connectivity index (χ4v) is 2.62. The maximum absolute atomic E-state index is 12.6. The predicted molar refractivity (Wildman–Crippen MR) is 75.4 cm³/mol. The van der Waals surface area contributed by atoms with Crippen LogP contribution in [0.2, 0.25) is 0 Å². The van der Waals surface area contributed by atoms with E-state index in [0.29, 0.717) is 22.5 Å². The standard InChI is InChI=1S/C15H14N2O4/c1-17-11(3-2-4-18)9(7-19)13-14(17)12(20)5-8(15(13)21)10-6-16-10/h2-3,5-6,16,18-19H,4,7H2,1H3/b3-2+. The Hall–Kier alpha value is -2.44. The summed E-state index contributed by atoms with van der Waals surface area (Å²) >= 11 is 0. The van der Waals surface area contributed by atoms with Crippen molar-refractivity contribution in [2.45, 2.75) is 6.61 Å². The Labute approximate surface area is 120 Å². The molecule has 1 aromatic rings. The van der Waals surface area contributed by atoms with E-state index < -0.39 is 0 Å². The van der Waals surface area contributed by atoms with Crippen LogP contribution in [0, 0.1) is 0 Å². The molecule has 2 heterocycles. The normalized spacial score (nSPS) is 16.7. The Balaban J connectivity index is 2.21. The summed E-state index contributed by atoms with van der Waals surface area (Å²) in [4.78, 5) is 24.9. The molecule has 0 bridgehead atoms. The molecule has 6 nitrogen and oxygen atoms in total. The zero-order valence-electron chi connectivity index (χ0n) is 11.4. The van der Waals surface area contributed by atoms with Crippen LogP contribution in [-0.4, -0.2) is 33.0 Å². The van der Waals surface area contributed by atoms with Gasteiger partial charge in [0.15, 0.2) is 5.78 Å². The summed E-state index contributed by atoms with van der Waals surface area (Å²) in [7, 11) is 1.66.